The third-order valence-corrected chi connectivity index (χ3v) is 7.06. The van der Waals surface area contributed by atoms with Gasteiger partial charge in [-0.05, 0) is 36.3 Å². The van der Waals surface area contributed by atoms with Crippen LogP contribution in [0.5, 0.6) is 0 Å². The van der Waals surface area contributed by atoms with E-state index >= 15 is 0 Å². The maximum absolute atomic E-state index is 12.3. The Kier molecular flexibility index (Phi) is 5.99. The van der Waals surface area contributed by atoms with Gasteiger partial charge in [-0.25, -0.2) is 13.2 Å². The quantitative estimate of drug-likeness (QED) is 0.896. The second-order valence-electron chi connectivity index (χ2n) is 7.23. The SMILES string of the molecule is O=C(NCc1ccc(C2CCCCC2)cc1)N1CCCS(=O)(=O)CC1. The lowest BCUT2D eigenvalue weighted by molar-refractivity contribution is 0.201. The summed E-state index contributed by atoms with van der Waals surface area (Å²) < 4.78 is 23.2. The van der Waals surface area contributed by atoms with Crippen LogP contribution in [-0.4, -0.2) is 43.9 Å². The molecule has 2 aliphatic rings. The highest BCUT2D eigenvalue weighted by molar-refractivity contribution is 7.91. The molecule has 3 rings (SSSR count). The zero-order valence-electron chi connectivity index (χ0n) is 14.7. The van der Waals surface area contributed by atoms with Crippen LogP contribution in [0.3, 0.4) is 0 Å². The maximum atomic E-state index is 12.3. The van der Waals surface area contributed by atoms with Crippen LogP contribution >= 0.6 is 0 Å². The number of rotatable bonds is 3. The van der Waals surface area contributed by atoms with Crippen molar-refractivity contribution in [2.24, 2.45) is 0 Å². The first-order chi connectivity index (χ1) is 12.0. The lowest BCUT2D eigenvalue weighted by Gasteiger charge is -2.22. The monoisotopic (exact) mass is 364 g/mol. The summed E-state index contributed by atoms with van der Waals surface area (Å²) >= 11 is 0. The third kappa shape index (κ3) is 5.21. The third-order valence-electron chi connectivity index (χ3n) is 5.34. The molecule has 5 nitrogen and oxygen atoms in total. The molecular formula is C19H28N2O3S. The number of benzene rings is 1. The molecule has 1 aliphatic heterocycles. The Balaban J connectivity index is 1.50. The Morgan fingerprint density at radius 3 is 2.44 bits per heavy atom. The number of hydrogen-bond donors (Lipinski definition) is 1. The fourth-order valence-electron chi connectivity index (χ4n) is 3.77. The number of urea groups is 1. The number of amides is 2. The molecule has 1 saturated heterocycles. The molecule has 1 aliphatic carbocycles. The van der Waals surface area contributed by atoms with E-state index in [2.05, 4.69) is 29.6 Å². The fourth-order valence-corrected chi connectivity index (χ4v) is 5.05. The lowest BCUT2D eigenvalue weighted by Crippen LogP contribution is -2.41. The van der Waals surface area contributed by atoms with Gasteiger partial charge < -0.3 is 10.2 Å². The minimum atomic E-state index is -2.99. The summed E-state index contributed by atoms with van der Waals surface area (Å²) in [6, 6.07) is 8.40. The highest BCUT2D eigenvalue weighted by Crippen LogP contribution is 2.32. The zero-order chi connectivity index (χ0) is 17.7. The van der Waals surface area contributed by atoms with E-state index in [1.165, 1.54) is 37.7 Å². The average Bonchev–Trinajstić information content (AvgIpc) is 2.81. The first-order valence-corrected chi connectivity index (χ1v) is 11.2. The Morgan fingerprint density at radius 2 is 1.72 bits per heavy atom. The molecule has 0 atom stereocenters. The van der Waals surface area contributed by atoms with Crippen LogP contribution < -0.4 is 5.32 Å². The Hall–Kier alpha value is -1.56. The molecule has 0 aromatic heterocycles. The largest absolute Gasteiger partial charge is 0.334 e. The average molecular weight is 365 g/mol. The summed E-state index contributed by atoms with van der Waals surface area (Å²) in [5.74, 6) is 0.937. The van der Waals surface area contributed by atoms with E-state index in [-0.39, 0.29) is 24.1 Å². The van der Waals surface area contributed by atoms with Crippen molar-refractivity contribution in [1.82, 2.24) is 10.2 Å². The van der Waals surface area contributed by atoms with Crippen molar-refractivity contribution in [3.8, 4) is 0 Å². The fraction of sp³-hybridized carbons (Fsp3) is 0.632. The van der Waals surface area contributed by atoms with Crippen molar-refractivity contribution < 1.29 is 13.2 Å². The Morgan fingerprint density at radius 1 is 1.00 bits per heavy atom. The van der Waals surface area contributed by atoms with Crippen LogP contribution in [0.1, 0.15) is 55.6 Å². The van der Waals surface area contributed by atoms with Gasteiger partial charge in [-0.1, -0.05) is 43.5 Å². The van der Waals surface area contributed by atoms with E-state index in [1.807, 2.05) is 0 Å². The molecule has 0 radical (unpaired) electrons. The van der Waals surface area contributed by atoms with Gasteiger partial charge in [-0.15, -0.1) is 0 Å². The van der Waals surface area contributed by atoms with Crippen LogP contribution in [0.25, 0.3) is 0 Å². The summed E-state index contributed by atoms with van der Waals surface area (Å²) in [6.45, 7) is 1.27. The summed E-state index contributed by atoms with van der Waals surface area (Å²) in [7, 11) is -2.99. The molecule has 25 heavy (non-hydrogen) atoms. The van der Waals surface area contributed by atoms with Gasteiger partial charge in [0.15, 0.2) is 9.84 Å². The summed E-state index contributed by atoms with van der Waals surface area (Å²) in [4.78, 5) is 13.9. The predicted octanol–water partition coefficient (Wildman–Crippen LogP) is 3.06. The van der Waals surface area contributed by atoms with Gasteiger partial charge in [0.25, 0.3) is 0 Å². The van der Waals surface area contributed by atoms with E-state index in [0.717, 1.165) is 5.56 Å². The highest BCUT2D eigenvalue weighted by atomic mass is 32.2. The summed E-state index contributed by atoms with van der Waals surface area (Å²) in [5, 5.41) is 2.91. The van der Waals surface area contributed by atoms with Gasteiger partial charge in [-0.3, -0.25) is 0 Å². The van der Waals surface area contributed by atoms with Crippen LogP contribution in [0.4, 0.5) is 4.79 Å². The first kappa shape index (κ1) is 18.2. The van der Waals surface area contributed by atoms with Gasteiger partial charge in [0, 0.05) is 19.6 Å². The summed E-state index contributed by atoms with van der Waals surface area (Å²) in [6.07, 6.45) is 7.11. The standard InChI is InChI=1S/C19H28N2O3S/c22-19(21-11-4-13-25(23,24)14-12-21)20-15-16-7-9-18(10-8-16)17-5-2-1-3-6-17/h7-10,17H,1-6,11-15H2,(H,20,22). The zero-order valence-corrected chi connectivity index (χ0v) is 15.6. The number of nitrogens with one attached hydrogen (secondary N) is 1. The highest BCUT2D eigenvalue weighted by Gasteiger charge is 2.22. The van der Waals surface area contributed by atoms with Crippen LogP contribution in [-0.2, 0) is 16.4 Å². The number of sulfone groups is 1. The molecule has 1 saturated carbocycles. The summed E-state index contributed by atoms with van der Waals surface area (Å²) in [5.41, 5.74) is 2.49. The van der Waals surface area contributed by atoms with Gasteiger partial charge in [0.1, 0.15) is 0 Å². The Bertz CT molecular complexity index is 679. The molecule has 0 spiro atoms. The van der Waals surface area contributed by atoms with Crippen LogP contribution in [0.2, 0.25) is 0 Å². The van der Waals surface area contributed by atoms with Crippen molar-refractivity contribution in [2.45, 2.75) is 51.0 Å². The normalized spacial score (nSPS) is 21.5. The van der Waals surface area contributed by atoms with E-state index in [1.54, 1.807) is 4.90 Å². The maximum Gasteiger partial charge on any atom is 0.317 e. The van der Waals surface area contributed by atoms with Crippen molar-refractivity contribution >= 4 is 15.9 Å². The van der Waals surface area contributed by atoms with Crippen LogP contribution in [0.15, 0.2) is 24.3 Å². The molecular weight excluding hydrogens is 336 g/mol. The number of carbonyl (C=O) groups is 1. The first-order valence-electron chi connectivity index (χ1n) is 9.35. The van der Waals surface area contributed by atoms with Crippen LogP contribution in [0, 0.1) is 0 Å². The number of nitrogens with zero attached hydrogens (tertiary/aromatic N) is 1. The van der Waals surface area contributed by atoms with Crippen molar-refractivity contribution in [1.29, 1.82) is 0 Å². The minimum Gasteiger partial charge on any atom is -0.334 e. The second-order valence-corrected chi connectivity index (χ2v) is 9.53. The molecule has 1 N–H and O–H groups in total. The van der Waals surface area contributed by atoms with Gasteiger partial charge in [0.05, 0.1) is 11.5 Å². The van der Waals surface area contributed by atoms with E-state index < -0.39 is 9.84 Å². The Labute approximate surface area is 150 Å². The molecule has 1 aromatic rings. The molecule has 1 aromatic carbocycles. The molecule has 138 valence electrons. The number of carbonyl (C=O) groups excluding carboxylic acids is 1. The smallest absolute Gasteiger partial charge is 0.317 e. The molecule has 0 unspecified atom stereocenters. The van der Waals surface area contributed by atoms with Crippen molar-refractivity contribution in [3.63, 3.8) is 0 Å². The molecule has 2 fully saturated rings. The van der Waals surface area contributed by atoms with E-state index in [9.17, 15) is 13.2 Å². The van der Waals surface area contributed by atoms with Crippen molar-refractivity contribution in [3.05, 3.63) is 35.4 Å². The molecule has 2 amide bonds. The lowest BCUT2D eigenvalue weighted by atomic mass is 9.84. The molecule has 0 bridgehead atoms. The van der Waals surface area contributed by atoms with Crippen molar-refractivity contribution in [2.75, 3.05) is 24.6 Å². The topological polar surface area (TPSA) is 66.5 Å². The second kappa shape index (κ2) is 8.21. The molecule has 1 heterocycles. The minimum absolute atomic E-state index is 0.0660. The van der Waals surface area contributed by atoms with Gasteiger partial charge >= 0.3 is 6.03 Å². The van der Waals surface area contributed by atoms with E-state index in [0.29, 0.717) is 25.4 Å². The number of hydrogen-bond acceptors (Lipinski definition) is 3. The van der Waals surface area contributed by atoms with E-state index in [4.69, 9.17) is 0 Å². The van der Waals surface area contributed by atoms with Gasteiger partial charge in [0.2, 0.25) is 0 Å². The molecule has 6 heteroatoms. The van der Waals surface area contributed by atoms with Gasteiger partial charge in [-0.2, -0.15) is 0 Å². The predicted molar refractivity (Wildman–Crippen MR) is 99.3 cm³/mol.